The number of hydrogen-bond acceptors (Lipinski definition) is 5. The minimum atomic E-state index is -0.292. The lowest BCUT2D eigenvalue weighted by Crippen LogP contribution is -2.17. The highest BCUT2D eigenvalue weighted by Crippen LogP contribution is 2.27. The average molecular weight is 329 g/mol. The SMILES string of the molecule is NCc1cc(C(=O)Nc2ncccc2OCC2CCCCC2)co1. The van der Waals surface area contributed by atoms with Crippen molar-refractivity contribution in [2.75, 3.05) is 11.9 Å². The number of anilines is 1. The van der Waals surface area contributed by atoms with E-state index in [1.807, 2.05) is 6.07 Å². The van der Waals surface area contributed by atoms with Gasteiger partial charge in [0.15, 0.2) is 11.6 Å². The number of pyridine rings is 1. The summed E-state index contributed by atoms with van der Waals surface area (Å²) in [5.74, 6) is 1.88. The largest absolute Gasteiger partial charge is 0.489 e. The Hall–Kier alpha value is -2.34. The number of aromatic nitrogens is 1. The van der Waals surface area contributed by atoms with Gasteiger partial charge in [-0.2, -0.15) is 0 Å². The molecule has 6 heteroatoms. The van der Waals surface area contributed by atoms with E-state index in [2.05, 4.69) is 10.3 Å². The first kappa shape index (κ1) is 16.5. The summed E-state index contributed by atoms with van der Waals surface area (Å²) < 4.78 is 11.1. The van der Waals surface area contributed by atoms with Crippen LogP contribution in [0.2, 0.25) is 0 Å². The van der Waals surface area contributed by atoms with Crippen LogP contribution in [0.1, 0.15) is 48.2 Å². The van der Waals surface area contributed by atoms with Gasteiger partial charge in [0.05, 0.1) is 18.7 Å². The van der Waals surface area contributed by atoms with Gasteiger partial charge in [-0.3, -0.25) is 4.79 Å². The zero-order valence-electron chi connectivity index (χ0n) is 13.7. The molecule has 6 nitrogen and oxygen atoms in total. The summed E-state index contributed by atoms with van der Waals surface area (Å²) in [5.41, 5.74) is 5.91. The molecule has 1 aliphatic rings. The first-order chi connectivity index (χ1) is 11.8. The molecule has 2 heterocycles. The van der Waals surface area contributed by atoms with E-state index in [0.29, 0.717) is 35.4 Å². The van der Waals surface area contributed by atoms with Crippen LogP contribution in [0.15, 0.2) is 35.1 Å². The monoisotopic (exact) mass is 329 g/mol. The highest BCUT2D eigenvalue weighted by Gasteiger charge is 2.17. The number of carbonyl (C=O) groups is 1. The maximum atomic E-state index is 12.3. The highest BCUT2D eigenvalue weighted by atomic mass is 16.5. The number of ether oxygens (including phenoxy) is 1. The van der Waals surface area contributed by atoms with Gasteiger partial charge >= 0.3 is 0 Å². The van der Waals surface area contributed by atoms with Gasteiger partial charge in [-0.05, 0) is 37.0 Å². The Kier molecular flexibility index (Phi) is 5.48. The third-order valence-corrected chi connectivity index (χ3v) is 4.32. The molecule has 3 N–H and O–H groups in total. The van der Waals surface area contributed by atoms with Crippen molar-refractivity contribution in [2.24, 2.45) is 11.7 Å². The van der Waals surface area contributed by atoms with E-state index in [1.165, 1.54) is 38.4 Å². The van der Waals surface area contributed by atoms with Crippen molar-refractivity contribution >= 4 is 11.7 Å². The molecule has 0 spiro atoms. The molecule has 1 aliphatic carbocycles. The summed E-state index contributed by atoms with van der Waals surface area (Å²) in [6.07, 6.45) is 9.30. The van der Waals surface area contributed by atoms with Gasteiger partial charge in [-0.15, -0.1) is 0 Å². The lowest BCUT2D eigenvalue weighted by Gasteiger charge is -2.22. The Balaban J connectivity index is 1.63. The minimum Gasteiger partial charge on any atom is -0.489 e. The molecule has 2 aromatic rings. The molecule has 128 valence electrons. The summed E-state index contributed by atoms with van der Waals surface area (Å²) >= 11 is 0. The minimum absolute atomic E-state index is 0.257. The third kappa shape index (κ3) is 4.14. The number of amides is 1. The summed E-state index contributed by atoms with van der Waals surface area (Å²) in [6, 6.07) is 5.25. The van der Waals surface area contributed by atoms with Crippen molar-refractivity contribution in [2.45, 2.75) is 38.6 Å². The standard InChI is InChI=1S/C18H23N3O3/c19-10-15-9-14(12-23-15)18(22)21-17-16(7-4-8-20-17)24-11-13-5-2-1-3-6-13/h4,7-9,12-13H,1-3,5-6,10-11,19H2,(H,20,21,22). The zero-order chi connectivity index (χ0) is 16.8. The Labute approximate surface area is 141 Å². The van der Waals surface area contributed by atoms with Gasteiger partial charge in [0, 0.05) is 6.20 Å². The molecule has 24 heavy (non-hydrogen) atoms. The van der Waals surface area contributed by atoms with Gasteiger partial charge in [-0.25, -0.2) is 4.98 Å². The number of furan rings is 1. The van der Waals surface area contributed by atoms with Crippen molar-refractivity contribution in [1.29, 1.82) is 0 Å². The molecular weight excluding hydrogens is 306 g/mol. The Morgan fingerprint density at radius 2 is 2.21 bits per heavy atom. The summed E-state index contributed by atoms with van der Waals surface area (Å²) in [4.78, 5) is 16.5. The predicted molar refractivity (Wildman–Crippen MR) is 90.9 cm³/mol. The quantitative estimate of drug-likeness (QED) is 0.848. The molecule has 1 fully saturated rings. The van der Waals surface area contributed by atoms with Crippen LogP contribution in [0.3, 0.4) is 0 Å². The molecule has 0 saturated heterocycles. The molecule has 3 rings (SSSR count). The molecule has 0 atom stereocenters. The fourth-order valence-electron chi connectivity index (χ4n) is 2.95. The Morgan fingerprint density at radius 1 is 1.38 bits per heavy atom. The second kappa shape index (κ2) is 7.97. The maximum absolute atomic E-state index is 12.3. The van der Waals surface area contributed by atoms with E-state index >= 15 is 0 Å². The number of rotatable bonds is 6. The van der Waals surface area contributed by atoms with Crippen LogP contribution in [-0.2, 0) is 6.54 Å². The van der Waals surface area contributed by atoms with Crippen LogP contribution in [0.4, 0.5) is 5.82 Å². The third-order valence-electron chi connectivity index (χ3n) is 4.32. The summed E-state index contributed by atoms with van der Waals surface area (Å²) in [6.45, 7) is 0.921. The second-order valence-electron chi connectivity index (χ2n) is 6.13. The molecule has 0 aromatic carbocycles. The number of nitrogens with one attached hydrogen (secondary N) is 1. The Morgan fingerprint density at radius 3 is 2.96 bits per heavy atom. The van der Waals surface area contributed by atoms with Gasteiger partial charge < -0.3 is 20.2 Å². The predicted octanol–water partition coefficient (Wildman–Crippen LogP) is 3.34. The summed E-state index contributed by atoms with van der Waals surface area (Å²) in [5, 5.41) is 2.78. The zero-order valence-corrected chi connectivity index (χ0v) is 13.7. The normalized spacial score (nSPS) is 15.2. The van der Waals surface area contributed by atoms with E-state index in [1.54, 1.807) is 18.3 Å². The Bertz CT molecular complexity index is 678. The van der Waals surface area contributed by atoms with Crippen LogP contribution in [0, 0.1) is 5.92 Å². The van der Waals surface area contributed by atoms with Crippen molar-refractivity contribution in [1.82, 2.24) is 4.98 Å². The van der Waals surface area contributed by atoms with Crippen LogP contribution < -0.4 is 15.8 Å². The number of nitrogens with zero attached hydrogens (tertiary/aromatic N) is 1. The van der Waals surface area contributed by atoms with Crippen LogP contribution in [0.5, 0.6) is 5.75 Å². The molecule has 1 amide bonds. The maximum Gasteiger partial charge on any atom is 0.260 e. The molecule has 0 unspecified atom stereocenters. The molecular formula is C18H23N3O3. The highest BCUT2D eigenvalue weighted by molar-refractivity contribution is 6.04. The lowest BCUT2D eigenvalue weighted by molar-refractivity contribution is 0.102. The molecule has 0 aliphatic heterocycles. The van der Waals surface area contributed by atoms with Crippen molar-refractivity contribution in [3.63, 3.8) is 0 Å². The van der Waals surface area contributed by atoms with E-state index < -0.39 is 0 Å². The first-order valence-electron chi connectivity index (χ1n) is 8.43. The van der Waals surface area contributed by atoms with Gasteiger partial charge in [0.2, 0.25) is 0 Å². The lowest BCUT2D eigenvalue weighted by atomic mass is 9.90. The summed E-state index contributed by atoms with van der Waals surface area (Å²) in [7, 11) is 0. The van der Waals surface area contributed by atoms with E-state index in [0.717, 1.165) is 0 Å². The second-order valence-corrected chi connectivity index (χ2v) is 6.13. The van der Waals surface area contributed by atoms with Crippen molar-refractivity contribution in [3.05, 3.63) is 42.0 Å². The molecule has 1 saturated carbocycles. The van der Waals surface area contributed by atoms with E-state index in [-0.39, 0.29) is 12.5 Å². The first-order valence-corrected chi connectivity index (χ1v) is 8.43. The van der Waals surface area contributed by atoms with Crippen LogP contribution in [0.25, 0.3) is 0 Å². The fourth-order valence-corrected chi connectivity index (χ4v) is 2.95. The van der Waals surface area contributed by atoms with Gasteiger partial charge in [-0.1, -0.05) is 19.3 Å². The van der Waals surface area contributed by atoms with E-state index in [9.17, 15) is 4.79 Å². The topological polar surface area (TPSA) is 90.4 Å². The average Bonchev–Trinajstić information content (AvgIpc) is 3.11. The van der Waals surface area contributed by atoms with Crippen LogP contribution >= 0.6 is 0 Å². The molecule has 0 radical (unpaired) electrons. The number of nitrogens with two attached hydrogens (primary N) is 1. The van der Waals surface area contributed by atoms with Crippen molar-refractivity contribution < 1.29 is 13.9 Å². The number of carbonyl (C=O) groups excluding carboxylic acids is 1. The van der Waals surface area contributed by atoms with Crippen LogP contribution in [-0.4, -0.2) is 17.5 Å². The van der Waals surface area contributed by atoms with Gasteiger partial charge in [0.25, 0.3) is 5.91 Å². The molecule has 2 aromatic heterocycles. The van der Waals surface area contributed by atoms with Crippen molar-refractivity contribution in [3.8, 4) is 5.75 Å². The smallest absolute Gasteiger partial charge is 0.260 e. The molecule has 0 bridgehead atoms. The fraction of sp³-hybridized carbons (Fsp3) is 0.444. The van der Waals surface area contributed by atoms with Gasteiger partial charge in [0.1, 0.15) is 12.0 Å². The van der Waals surface area contributed by atoms with E-state index in [4.69, 9.17) is 14.9 Å². The number of hydrogen-bond donors (Lipinski definition) is 2.